The maximum Gasteiger partial charge on any atom is 0.183 e. The highest BCUT2D eigenvalue weighted by molar-refractivity contribution is 5.79. The highest BCUT2D eigenvalue weighted by Crippen LogP contribution is 2.41. The number of hydrogen-bond acceptors (Lipinski definition) is 52. The van der Waals surface area contributed by atoms with E-state index in [1.54, 1.807) is 36.5 Å². The molecule has 10 aliphatic rings. The van der Waals surface area contributed by atoms with Gasteiger partial charge in [-0.1, -0.05) is 109 Å². The Kier molecular flexibility index (Phi) is 44.5. The van der Waals surface area contributed by atoms with Crippen LogP contribution in [0.2, 0.25) is 0 Å². The summed E-state index contributed by atoms with van der Waals surface area (Å²) in [6, 6.07) is 14.6. The largest absolute Gasteiger partial charge is 0.394 e. The number of aliphatic imine (C=N–C) groups is 3. The molecule has 50 atom stereocenters. The summed E-state index contributed by atoms with van der Waals surface area (Å²) in [7, 11) is 5.26. The molecule has 52 nitrogen and oxygen atoms in total. The quantitative estimate of drug-likeness (QED) is 0.0236. The summed E-state index contributed by atoms with van der Waals surface area (Å²) < 4.78 is 129. The van der Waals surface area contributed by atoms with E-state index in [2.05, 4.69) is 15.0 Å². The van der Waals surface area contributed by atoms with E-state index in [9.17, 15) is 102 Å². The van der Waals surface area contributed by atoms with Crippen LogP contribution in [-0.4, -0.2) is 522 Å². The van der Waals surface area contributed by atoms with Crippen LogP contribution in [0.15, 0.2) is 124 Å². The van der Waals surface area contributed by atoms with Crippen LogP contribution < -0.4 is 40.1 Å². The van der Waals surface area contributed by atoms with Crippen molar-refractivity contribution in [1.29, 1.82) is 0 Å². The van der Waals surface area contributed by atoms with Gasteiger partial charge in [0.25, 0.3) is 0 Å². The van der Waals surface area contributed by atoms with Gasteiger partial charge in [-0.05, 0) is 34.9 Å². The molecule has 10 heterocycles. The zero-order valence-electron chi connectivity index (χ0n) is 78.6. The second-order valence-corrected chi connectivity index (χ2v) is 35.6. The number of nitrogens with two attached hydrogens (primary N) is 7. The van der Waals surface area contributed by atoms with Crippen molar-refractivity contribution in [3.05, 3.63) is 126 Å². The van der Waals surface area contributed by atoms with Gasteiger partial charge in [-0.2, -0.15) is 0 Å². The molecule has 806 valence electrons. The number of nitrogens with zero attached hydrogens (tertiary/aromatic N) is 3. The standard InChI is InChI=1S/C59H79N5O21.C32H61N5O21/c1-75-50-35(27-65)80-58(43(47(50)72)63-25-13-22-33-17-8-4-9-18-33)85-54-39(31-69)81-59(44(49(54)74)64-26-14-23-34-19-10-5-11-20-34)84-52-37(29-67)78-55(41(61)46(52)71)82-51-36(28-66)77-56(40(60)45(51)70)83-53-38(30-68)79-57(76-2)42(48(53)73)62-24-12-21-32-15-6-3-7-16-32;1-48-23-8(3-38)51-29(14(34)18(23)43)56-25-10(5-40)53-31(16(36)20(25)45)58-27-12(7-42)54-32(17(37)22(27)47)57-26-11(6-41)52-30(15(35)21(26)46)55-24-9(4-39)50-28(49-2)13(33)19(24)44/h3-26,35-59,65-74H,27-31,60-61H2,1-2H3;8-32,38-47H,3-7,33-37H2,1-2H3/b21-12+,22-13+,23-14+,62-24?,63-25?,64-26?;. The van der Waals surface area contributed by atoms with Crippen LogP contribution in [0.25, 0.3) is 18.2 Å². The molecule has 10 fully saturated rings. The number of rotatable bonds is 39. The minimum atomic E-state index is -1.78. The van der Waals surface area contributed by atoms with Crippen molar-refractivity contribution in [2.24, 2.45) is 55.1 Å². The Morgan fingerprint density at radius 1 is 0.224 bits per heavy atom. The molecular weight excluding hydrogens is 1910 g/mol. The second kappa shape index (κ2) is 55.1. The highest BCUT2D eigenvalue weighted by atomic mass is 16.8. The lowest BCUT2D eigenvalue weighted by molar-refractivity contribution is -0.364. The van der Waals surface area contributed by atoms with Gasteiger partial charge in [0.2, 0.25) is 0 Å². The number of aliphatic hydroxyl groups excluding tert-OH is 20. The van der Waals surface area contributed by atoms with Crippen molar-refractivity contribution in [1.82, 2.24) is 0 Å². The average molecular weight is 2050 g/mol. The minimum absolute atomic E-state index is 0.572. The lowest BCUT2D eigenvalue weighted by Gasteiger charge is -2.50. The molecule has 0 saturated carbocycles. The fourth-order valence-corrected chi connectivity index (χ4v) is 18.4. The van der Waals surface area contributed by atoms with Crippen LogP contribution in [0.1, 0.15) is 16.7 Å². The summed E-state index contributed by atoms with van der Waals surface area (Å²) in [6.45, 7) is -7.27. The molecule has 0 spiro atoms. The van der Waals surface area contributed by atoms with Crippen molar-refractivity contribution in [3.8, 4) is 0 Å². The summed E-state index contributed by atoms with van der Waals surface area (Å²) in [5.74, 6) is 0. The van der Waals surface area contributed by atoms with Crippen molar-refractivity contribution in [2.45, 2.75) is 306 Å². The van der Waals surface area contributed by atoms with E-state index in [1.807, 2.05) is 91.0 Å². The van der Waals surface area contributed by atoms with Crippen LogP contribution >= 0.6 is 0 Å². The normalized spacial score (nSPS) is 44.5. The van der Waals surface area contributed by atoms with Crippen molar-refractivity contribution >= 4 is 36.9 Å². The summed E-state index contributed by atoms with van der Waals surface area (Å²) in [4.78, 5) is 13.6. The fraction of sp³-hybridized carbons (Fsp3) is 0.703. The summed E-state index contributed by atoms with van der Waals surface area (Å²) in [5, 5.41) is 218. The van der Waals surface area contributed by atoms with E-state index in [0.717, 1.165) is 16.7 Å². The first-order valence-electron chi connectivity index (χ1n) is 46.7. The molecule has 3 aromatic rings. The van der Waals surface area contributed by atoms with E-state index in [4.69, 9.17) is 144 Å². The molecule has 3 aromatic carbocycles. The van der Waals surface area contributed by atoms with Crippen LogP contribution in [0.5, 0.6) is 0 Å². The number of ether oxygens (including phenoxy) is 22. The Morgan fingerprint density at radius 2 is 0.392 bits per heavy atom. The van der Waals surface area contributed by atoms with Gasteiger partial charge in [-0.25, -0.2) is 0 Å². The third-order valence-corrected chi connectivity index (χ3v) is 26.4. The van der Waals surface area contributed by atoms with Crippen LogP contribution in [0.4, 0.5) is 0 Å². The molecule has 52 heteroatoms. The van der Waals surface area contributed by atoms with E-state index < -0.39 is 373 Å². The fourth-order valence-electron chi connectivity index (χ4n) is 18.4. The van der Waals surface area contributed by atoms with Gasteiger partial charge in [0, 0.05) is 47.1 Å². The topological polar surface area (TPSA) is 827 Å². The molecule has 143 heavy (non-hydrogen) atoms. The van der Waals surface area contributed by atoms with E-state index in [0.29, 0.717) is 0 Å². The Morgan fingerprint density at radius 3 is 0.615 bits per heavy atom. The molecule has 10 aliphatic heterocycles. The van der Waals surface area contributed by atoms with E-state index >= 15 is 0 Å². The average Bonchev–Trinajstić information content (AvgIpc) is 0.786. The summed E-state index contributed by atoms with van der Waals surface area (Å²) in [6.07, 6.45) is -42.9. The van der Waals surface area contributed by atoms with E-state index in [-0.39, 0.29) is 0 Å². The second-order valence-electron chi connectivity index (χ2n) is 35.6. The molecule has 0 bridgehead atoms. The Labute approximate surface area is 822 Å². The zero-order valence-corrected chi connectivity index (χ0v) is 78.6. The molecule has 50 unspecified atom stereocenters. The Balaban J connectivity index is 0.000000274. The first-order valence-corrected chi connectivity index (χ1v) is 46.7. The summed E-state index contributed by atoms with van der Waals surface area (Å²) >= 11 is 0. The third kappa shape index (κ3) is 27.3. The third-order valence-electron chi connectivity index (χ3n) is 26.4. The van der Waals surface area contributed by atoms with Crippen molar-refractivity contribution < 1.29 is 206 Å². The highest BCUT2D eigenvalue weighted by Gasteiger charge is 2.61. The number of benzene rings is 3. The lowest BCUT2D eigenvalue weighted by Crippen LogP contribution is -2.70. The molecule has 0 aliphatic carbocycles. The molecule has 0 amide bonds. The monoisotopic (exact) mass is 2040 g/mol. The van der Waals surface area contributed by atoms with Crippen molar-refractivity contribution in [3.63, 3.8) is 0 Å². The van der Waals surface area contributed by atoms with Gasteiger partial charge in [0.1, 0.15) is 201 Å². The van der Waals surface area contributed by atoms with Gasteiger partial charge >= 0.3 is 0 Å². The smallest absolute Gasteiger partial charge is 0.183 e. The maximum atomic E-state index is 12.3. The van der Waals surface area contributed by atoms with Crippen LogP contribution in [-0.2, 0) is 104 Å². The van der Waals surface area contributed by atoms with Gasteiger partial charge in [-0.15, -0.1) is 0 Å². The van der Waals surface area contributed by atoms with Gasteiger partial charge < -0.3 is 246 Å². The van der Waals surface area contributed by atoms with Gasteiger partial charge in [-0.3, -0.25) is 15.0 Å². The predicted molar refractivity (Wildman–Crippen MR) is 491 cm³/mol. The molecule has 0 aromatic heterocycles. The first kappa shape index (κ1) is 116. The first-order chi connectivity index (χ1) is 68.9. The van der Waals surface area contributed by atoms with Gasteiger partial charge in [0.15, 0.2) is 62.9 Å². The lowest BCUT2D eigenvalue weighted by atomic mass is 9.93. The maximum absolute atomic E-state index is 12.3. The van der Waals surface area contributed by atoms with Crippen LogP contribution in [0, 0.1) is 0 Å². The zero-order chi connectivity index (χ0) is 103. The summed E-state index contributed by atoms with van der Waals surface area (Å²) in [5.41, 5.74) is 46.7. The number of allylic oxidation sites excluding steroid dienone is 3. The SMILES string of the molecule is COC1OC(CO)C(OC2OC(CO)C(OC3OC(CO)C(OC4OC(CO)C(OC5OC(CO)C(OC)C(O)C5N)C(O)C4N)C(O)C3N)C(O)C2N)C(O)C1N.COC1OC(CO)C(OC2OC(CO)C(OC3OC(CO)C(OC4OC(CO)C(OC5OC(CO)C(OC)C(O)C5N=C/C=C/c5ccccc5)C(O)C4N=C/C=C/c4ccccc4)C(O)C3N)C(O)C2N)C(O)C1N=C/C=C/c1ccccc1. The number of methoxy groups -OCH3 is 4. The minimum Gasteiger partial charge on any atom is -0.394 e. The predicted octanol–water partition coefficient (Wildman–Crippen LogP) is -13.1. The molecule has 13 rings (SSSR count). The Hall–Kier alpha value is -6.07. The van der Waals surface area contributed by atoms with Gasteiger partial charge in [0.05, 0.1) is 108 Å². The molecular formula is C91H140N10O42. The van der Waals surface area contributed by atoms with Crippen LogP contribution in [0.3, 0.4) is 0 Å². The van der Waals surface area contributed by atoms with E-state index in [1.165, 1.54) is 47.1 Å². The Bertz CT molecular complexity index is 4380. The molecule has 34 N–H and O–H groups in total. The number of aliphatic hydroxyl groups is 20. The molecule has 10 saturated heterocycles. The van der Waals surface area contributed by atoms with Crippen molar-refractivity contribution in [2.75, 3.05) is 94.5 Å². The number of hydrogen-bond donors (Lipinski definition) is 27. The molecule has 0 radical (unpaired) electrons.